The summed E-state index contributed by atoms with van der Waals surface area (Å²) in [5.41, 5.74) is -4.09. The van der Waals surface area contributed by atoms with Crippen molar-refractivity contribution < 1.29 is 85.5 Å². The SMILES string of the molecule is C.CCCC1COC(c2cc(F)c(C(F)(F)Oc3cc(F)c(F)c(F)c3C)c(F)c2)OC1.CCCC1COC(c2ccc(-c3cc(F)c(C(F)(F)Oc4cc(F)c(C)c(F)c4C)c(F)c3)cc2)OC1. The van der Waals surface area contributed by atoms with E-state index in [0.717, 1.165) is 58.6 Å². The summed E-state index contributed by atoms with van der Waals surface area (Å²) in [6.07, 6.45) is -7.13. The molecule has 376 valence electrons. The normalized spacial score (nSPS) is 18.5. The molecule has 69 heavy (non-hydrogen) atoms. The number of halogens is 13. The summed E-state index contributed by atoms with van der Waals surface area (Å²) in [6, 6.07) is 9.93. The number of alkyl halides is 4. The van der Waals surface area contributed by atoms with Gasteiger partial charge in [-0.25, -0.2) is 39.5 Å². The number of benzene rings is 5. The maximum Gasteiger partial charge on any atom is 0.432 e. The molecule has 0 aliphatic carbocycles. The zero-order valence-corrected chi connectivity index (χ0v) is 37.1. The molecule has 0 bridgehead atoms. The zero-order valence-electron chi connectivity index (χ0n) is 37.1. The van der Waals surface area contributed by atoms with E-state index in [1.54, 1.807) is 24.3 Å². The van der Waals surface area contributed by atoms with E-state index in [2.05, 4.69) is 16.4 Å². The Morgan fingerprint density at radius 1 is 0.464 bits per heavy atom. The van der Waals surface area contributed by atoms with E-state index >= 15 is 0 Å². The van der Waals surface area contributed by atoms with Gasteiger partial charge in [-0.3, -0.25) is 0 Å². The van der Waals surface area contributed by atoms with E-state index in [1.807, 2.05) is 6.92 Å². The lowest BCUT2D eigenvalue weighted by Gasteiger charge is -2.30. The van der Waals surface area contributed by atoms with E-state index in [-0.39, 0.29) is 49.3 Å². The van der Waals surface area contributed by atoms with Gasteiger partial charge in [-0.2, -0.15) is 17.6 Å². The standard InChI is InChI=1S/C28H26F6O3.C21H19F7O3.CH4/c1-4-5-17-13-35-27(36-14-17)19-8-6-18(7-9-19)20-10-22(30)25(23(31)11-20)28(33,34)37-24-12-21(29)15(2)26(32)16(24)3;1-3-4-11-8-29-20(30-9-11)12-5-13(22)17(14(23)6-12)21(27,28)31-16-7-15(24)19(26)18(25)10(16)2;/h6-12,17,27H,4-5,13-14H2,1-3H3;5-7,11,20H,3-4,8-9H2,1-2H3;1H4. The first-order chi connectivity index (χ1) is 32.1. The molecule has 2 fully saturated rings. The molecule has 0 aromatic heterocycles. The molecule has 5 aromatic rings. The predicted octanol–water partition coefficient (Wildman–Crippen LogP) is 15.0. The molecule has 2 saturated heterocycles. The van der Waals surface area contributed by atoms with Crippen molar-refractivity contribution in [2.75, 3.05) is 26.4 Å². The fourth-order valence-corrected chi connectivity index (χ4v) is 7.56. The maximum absolute atomic E-state index is 14.8. The van der Waals surface area contributed by atoms with Gasteiger partial charge in [-0.05, 0) is 69.0 Å². The Balaban J connectivity index is 0.000000258. The summed E-state index contributed by atoms with van der Waals surface area (Å²) in [4.78, 5) is 0. The van der Waals surface area contributed by atoms with Gasteiger partial charge in [0.25, 0.3) is 0 Å². The number of hydrogen-bond acceptors (Lipinski definition) is 6. The van der Waals surface area contributed by atoms with Crippen molar-refractivity contribution in [3.8, 4) is 22.6 Å². The van der Waals surface area contributed by atoms with Crippen LogP contribution in [0.1, 0.15) is 98.5 Å². The fraction of sp³-hybridized carbons (Fsp3) is 0.400. The molecule has 0 saturated carbocycles. The van der Waals surface area contributed by atoms with E-state index < -0.39 is 111 Å². The molecule has 19 heteroatoms. The second-order valence-corrected chi connectivity index (χ2v) is 16.4. The first-order valence-corrected chi connectivity index (χ1v) is 21.3. The largest absolute Gasteiger partial charge is 0.432 e. The monoisotopic (exact) mass is 992 g/mol. The van der Waals surface area contributed by atoms with Gasteiger partial charge in [-0.1, -0.05) is 58.4 Å². The molecule has 5 aromatic carbocycles. The highest BCUT2D eigenvalue weighted by Gasteiger charge is 2.44. The van der Waals surface area contributed by atoms with Crippen molar-refractivity contribution in [1.29, 1.82) is 0 Å². The molecule has 0 N–H and O–H groups in total. The second kappa shape index (κ2) is 22.6. The van der Waals surface area contributed by atoms with E-state index in [1.165, 1.54) is 0 Å². The zero-order chi connectivity index (χ0) is 49.8. The van der Waals surface area contributed by atoms with Crippen LogP contribution in [0.2, 0.25) is 0 Å². The maximum atomic E-state index is 14.8. The van der Waals surface area contributed by atoms with Crippen molar-refractivity contribution in [3.05, 3.63) is 152 Å². The molecule has 7 rings (SSSR count). The van der Waals surface area contributed by atoms with E-state index in [9.17, 15) is 57.1 Å². The highest BCUT2D eigenvalue weighted by molar-refractivity contribution is 5.64. The van der Waals surface area contributed by atoms with E-state index in [0.29, 0.717) is 48.5 Å². The van der Waals surface area contributed by atoms with Crippen molar-refractivity contribution >= 4 is 0 Å². The Kier molecular flexibility index (Phi) is 17.9. The number of hydrogen-bond donors (Lipinski definition) is 0. The third-order valence-corrected chi connectivity index (χ3v) is 11.3. The predicted molar refractivity (Wildman–Crippen MR) is 227 cm³/mol. The molecule has 0 unspecified atom stereocenters. The molecule has 0 radical (unpaired) electrons. The summed E-state index contributed by atoms with van der Waals surface area (Å²) in [5, 5.41) is 0. The van der Waals surface area contributed by atoms with Gasteiger partial charge in [0.2, 0.25) is 0 Å². The van der Waals surface area contributed by atoms with Crippen molar-refractivity contribution in [1.82, 2.24) is 0 Å². The van der Waals surface area contributed by atoms with Crippen LogP contribution in [0.15, 0.2) is 60.7 Å². The lowest BCUT2D eigenvalue weighted by molar-refractivity contribution is -0.206. The topological polar surface area (TPSA) is 55.4 Å². The van der Waals surface area contributed by atoms with Gasteiger partial charge in [0.15, 0.2) is 30.0 Å². The summed E-state index contributed by atoms with van der Waals surface area (Å²) in [7, 11) is 0. The molecule has 6 nitrogen and oxygen atoms in total. The van der Waals surface area contributed by atoms with Crippen molar-refractivity contribution in [3.63, 3.8) is 0 Å². The third kappa shape index (κ3) is 12.3. The van der Waals surface area contributed by atoms with Crippen LogP contribution in [-0.4, -0.2) is 26.4 Å². The average Bonchev–Trinajstić information content (AvgIpc) is 3.28. The smallest absolute Gasteiger partial charge is 0.428 e. The first kappa shape index (κ1) is 54.6. The minimum Gasteiger partial charge on any atom is -0.428 e. The van der Waals surface area contributed by atoms with Crippen LogP contribution < -0.4 is 9.47 Å². The van der Waals surface area contributed by atoms with Crippen LogP contribution in [0.3, 0.4) is 0 Å². The minimum atomic E-state index is -4.66. The molecular formula is C50H49F13O6. The lowest BCUT2D eigenvalue weighted by atomic mass is 10.0. The Labute approximate surface area is 390 Å². The second-order valence-electron chi connectivity index (χ2n) is 16.4. The van der Waals surface area contributed by atoms with Crippen LogP contribution >= 0.6 is 0 Å². The summed E-state index contributed by atoms with van der Waals surface area (Å²) < 4.78 is 216. The van der Waals surface area contributed by atoms with Gasteiger partial charge in [-0.15, -0.1) is 0 Å². The van der Waals surface area contributed by atoms with Crippen molar-refractivity contribution in [2.45, 2.75) is 92.5 Å². The van der Waals surface area contributed by atoms with Gasteiger partial charge in [0.05, 0.1) is 26.4 Å². The summed E-state index contributed by atoms with van der Waals surface area (Å²) in [6.45, 7) is 8.84. The highest BCUT2D eigenvalue weighted by atomic mass is 19.3. The number of ether oxygens (including phenoxy) is 6. The highest BCUT2D eigenvalue weighted by Crippen LogP contribution is 2.41. The molecule has 2 aliphatic rings. The molecule has 0 atom stereocenters. The van der Waals surface area contributed by atoms with Gasteiger partial charge in [0, 0.05) is 51.8 Å². The van der Waals surface area contributed by atoms with Gasteiger partial charge >= 0.3 is 12.2 Å². The third-order valence-electron chi connectivity index (χ3n) is 11.3. The minimum absolute atomic E-state index is 0. The van der Waals surface area contributed by atoms with Crippen LogP contribution in [0.4, 0.5) is 57.1 Å². The molecule has 2 heterocycles. The lowest BCUT2D eigenvalue weighted by Crippen LogP contribution is -2.28. The molecule has 0 spiro atoms. The van der Waals surface area contributed by atoms with Gasteiger partial charge in [0.1, 0.15) is 57.5 Å². The van der Waals surface area contributed by atoms with Gasteiger partial charge < -0.3 is 28.4 Å². The Morgan fingerprint density at radius 3 is 1.29 bits per heavy atom. The molecule has 2 aliphatic heterocycles. The summed E-state index contributed by atoms with van der Waals surface area (Å²) >= 11 is 0. The Bertz CT molecular complexity index is 2530. The number of rotatable bonds is 13. The molecular weight excluding hydrogens is 944 g/mol. The Hall–Kier alpha value is -5.37. The van der Waals surface area contributed by atoms with Crippen molar-refractivity contribution in [2.24, 2.45) is 11.8 Å². The van der Waals surface area contributed by atoms with Crippen LogP contribution in [0, 0.1) is 85.0 Å². The van der Waals surface area contributed by atoms with Crippen LogP contribution in [0.5, 0.6) is 11.5 Å². The molecule has 0 amide bonds. The quantitative estimate of drug-likeness (QED) is 0.0865. The Morgan fingerprint density at radius 2 is 0.855 bits per heavy atom. The first-order valence-electron chi connectivity index (χ1n) is 21.3. The fourth-order valence-electron chi connectivity index (χ4n) is 7.56. The van der Waals surface area contributed by atoms with Crippen LogP contribution in [0.25, 0.3) is 11.1 Å². The average molecular weight is 993 g/mol. The van der Waals surface area contributed by atoms with Crippen LogP contribution in [-0.2, 0) is 31.2 Å². The summed E-state index contributed by atoms with van der Waals surface area (Å²) in [5.74, 6) is -15.7. The van der Waals surface area contributed by atoms with E-state index in [4.69, 9.17) is 18.9 Å².